The second kappa shape index (κ2) is 14.0. The van der Waals surface area contributed by atoms with Gasteiger partial charge in [0.15, 0.2) is 0 Å². The van der Waals surface area contributed by atoms with Gasteiger partial charge in [0.1, 0.15) is 6.04 Å². The first kappa shape index (κ1) is 30.9. The van der Waals surface area contributed by atoms with E-state index >= 15 is 0 Å². The molecular formula is C27H37Cl2N3O4S. The Morgan fingerprint density at radius 1 is 1.03 bits per heavy atom. The van der Waals surface area contributed by atoms with Crippen molar-refractivity contribution in [3.05, 3.63) is 63.1 Å². The molecule has 2 aromatic rings. The van der Waals surface area contributed by atoms with Crippen molar-refractivity contribution in [3.63, 3.8) is 0 Å². The number of amides is 2. The lowest BCUT2D eigenvalue weighted by molar-refractivity contribution is -0.141. The summed E-state index contributed by atoms with van der Waals surface area (Å²) in [6.07, 6.45) is 2.66. The number of hydrogen-bond acceptors (Lipinski definition) is 4. The van der Waals surface area contributed by atoms with Gasteiger partial charge in [-0.25, -0.2) is 8.42 Å². The van der Waals surface area contributed by atoms with Crippen molar-refractivity contribution in [1.29, 1.82) is 0 Å². The highest BCUT2D eigenvalue weighted by Crippen LogP contribution is 2.28. The smallest absolute Gasteiger partial charge is 0.242 e. The van der Waals surface area contributed by atoms with Crippen LogP contribution in [-0.4, -0.2) is 50.5 Å². The minimum absolute atomic E-state index is 0.0521. The molecule has 2 rings (SSSR count). The van der Waals surface area contributed by atoms with Crippen LogP contribution in [0.15, 0.2) is 36.4 Å². The van der Waals surface area contributed by atoms with Crippen molar-refractivity contribution in [2.75, 3.05) is 23.7 Å². The second-order valence-electron chi connectivity index (χ2n) is 9.14. The van der Waals surface area contributed by atoms with E-state index in [2.05, 4.69) is 5.32 Å². The average molecular weight is 571 g/mol. The van der Waals surface area contributed by atoms with Gasteiger partial charge in [0, 0.05) is 41.7 Å². The normalized spacial score (nSPS) is 12.2. The molecule has 0 bridgehead atoms. The van der Waals surface area contributed by atoms with E-state index in [1.54, 1.807) is 24.3 Å². The molecule has 0 saturated carbocycles. The predicted octanol–water partition coefficient (Wildman–Crippen LogP) is 5.49. The predicted molar refractivity (Wildman–Crippen MR) is 152 cm³/mol. The van der Waals surface area contributed by atoms with Crippen LogP contribution in [0.1, 0.15) is 56.2 Å². The Balaban J connectivity index is 2.27. The van der Waals surface area contributed by atoms with Crippen LogP contribution in [0.2, 0.25) is 10.0 Å². The van der Waals surface area contributed by atoms with Gasteiger partial charge in [-0.2, -0.15) is 0 Å². The molecule has 0 saturated heterocycles. The molecule has 2 amide bonds. The molecule has 0 radical (unpaired) electrons. The van der Waals surface area contributed by atoms with Gasteiger partial charge in [-0.3, -0.25) is 13.9 Å². The fraction of sp³-hybridized carbons (Fsp3) is 0.481. The number of benzene rings is 2. The summed E-state index contributed by atoms with van der Waals surface area (Å²) < 4.78 is 26.4. The standard InChI is InChI=1S/C27H37Cl2N3O4S/c1-6-15-30-27(34)25(7-2)31(18-22-23(28)10-8-11-24(22)29)26(33)12-9-16-32(37(5,35)36)21-14-13-19(3)20(4)17-21/h8,10-11,13-14,17,25H,6-7,9,12,15-16,18H2,1-5H3,(H,30,34). The highest BCUT2D eigenvalue weighted by Gasteiger charge is 2.29. The van der Waals surface area contributed by atoms with Gasteiger partial charge in [-0.05, 0) is 68.5 Å². The van der Waals surface area contributed by atoms with E-state index in [-0.39, 0.29) is 37.7 Å². The number of nitrogens with one attached hydrogen (secondary N) is 1. The van der Waals surface area contributed by atoms with E-state index < -0.39 is 16.1 Å². The number of anilines is 1. The van der Waals surface area contributed by atoms with Crippen LogP contribution in [0, 0.1) is 13.8 Å². The number of aryl methyl sites for hydroxylation is 2. The van der Waals surface area contributed by atoms with Crippen LogP contribution in [0.5, 0.6) is 0 Å². The zero-order chi connectivity index (χ0) is 27.8. The number of rotatable bonds is 13. The van der Waals surface area contributed by atoms with Crippen LogP contribution in [-0.2, 0) is 26.2 Å². The molecule has 10 heteroatoms. The number of carbonyl (C=O) groups is 2. The minimum atomic E-state index is -3.56. The van der Waals surface area contributed by atoms with E-state index in [1.807, 2.05) is 39.8 Å². The van der Waals surface area contributed by atoms with Gasteiger partial charge in [0.2, 0.25) is 21.8 Å². The molecule has 0 aromatic heterocycles. The van der Waals surface area contributed by atoms with Gasteiger partial charge in [0.25, 0.3) is 0 Å². The Bertz CT molecular complexity index is 1180. The van der Waals surface area contributed by atoms with Crippen molar-refractivity contribution < 1.29 is 18.0 Å². The molecular weight excluding hydrogens is 533 g/mol. The molecule has 0 aliphatic carbocycles. The van der Waals surface area contributed by atoms with Gasteiger partial charge in [-0.15, -0.1) is 0 Å². The van der Waals surface area contributed by atoms with Crippen molar-refractivity contribution in [1.82, 2.24) is 10.2 Å². The lowest BCUT2D eigenvalue weighted by atomic mass is 10.1. The molecule has 1 unspecified atom stereocenters. The van der Waals surface area contributed by atoms with Gasteiger partial charge in [0.05, 0.1) is 11.9 Å². The Morgan fingerprint density at radius 2 is 1.68 bits per heavy atom. The highest BCUT2D eigenvalue weighted by molar-refractivity contribution is 7.92. The molecule has 204 valence electrons. The summed E-state index contributed by atoms with van der Waals surface area (Å²) in [6, 6.07) is 9.87. The lowest BCUT2D eigenvalue weighted by Crippen LogP contribution is -2.49. The van der Waals surface area contributed by atoms with Gasteiger partial charge >= 0.3 is 0 Å². The van der Waals surface area contributed by atoms with E-state index in [4.69, 9.17) is 23.2 Å². The van der Waals surface area contributed by atoms with Crippen LogP contribution in [0.3, 0.4) is 0 Å². The van der Waals surface area contributed by atoms with E-state index in [0.717, 1.165) is 23.8 Å². The number of nitrogens with zero attached hydrogens (tertiary/aromatic N) is 2. The summed E-state index contributed by atoms with van der Waals surface area (Å²) in [6.45, 7) is 8.39. The number of hydrogen-bond donors (Lipinski definition) is 1. The Hall–Kier alpha value is -2.29. The zero-order valence-corrected chi connectivity index (χ0v) is 24.5. The summed E-state index contributed by atoms with van der Waals surface area (Å²) in [7, 11) is -3.56. The maximum absolute atomic E-state index is 13.5. The molecule has 0 heterocycles. The Kier molecular flexibility index (Phi) is 11.7. The molecule has 0 aliphatic heterocycles. The zero-order valence-electron chi connectivity index (χ0n) is 22.2. The average Bonchev–Trinajstić information content (AvgIpc) is 2.83. The third kappa shape index (κ3) is 8.62. The third-order valence-corrected chi connectivity index (χ3v) is 8.16. The molecule has 0 fully saturated rings. The summed E-state index contributed by atoms with van der Waals surface area (Å²) in [4.78, 5) is 27.9. The first-order chi connectivity index (χ1) is 17.4. The molecule has 0 spiro atoms. The van der Waals surface area contributed by atoms with Crippen LogP contribution in [0.4, 0.5) is 5.69 Å². The van der Waals surface area contributed by atoms with E-state index in [1.165, 1.54) is 9.21 Å². The molecule has 0 aliphatic rings. The van der Waals surface area contributed by atoms with Crippen molar-refractivity contribution in [3.8, 4) is 0 Å². The van der Waals surface area contributed by atoms with E-state index in [9.17, 15) is 18.0 Å². The lowest BCUT2D eigenvalue weighted by Gasteiger charge is -2.31. The molecule has 1 atom stereocenters. The Labute approximate surface area is 231 Å². The molecule has 1 N–H and O–H groups in total. The van der Waals surface area contributed by atoms with Crippen LogP contribution < -0.4 is 9.62 Å². The van der Waals surface area contributed by atoms with Crippen molar-refractivity contribution >= 4 is 50.7 Å². The maximum atomic E-state index is 13.5. The largest absolute Gasteiger partial charge is 0.354 e. The summed E-state index contributed by atoms with van der Waals surface area (Å²) in [5.74, 6) is -0.517. The highest BCUT2D eigenvalue weighted by atomic mass is 35.5. The number of sulfonamides is 1. The van der Waals surface area contributed by atoms with Gasteiger partial charge < -0.3 is 10.2 Å². The quantitative estimate of drug-likeness (QED) is 0.345. The summed E-state index contributed by atoms with van der Waals surface area (Å²) >= 11 is 12.8. The summed E-state index contributed by atoms with van der Waals surface area (Å²) in [5, 5.41) is 3.69. The molecule has 7 nitrogen and oxygen atoms in total. The van der Waals surface area contributed by atoms with Crippen LogP contribution >= 0.6 is 23.2 Å². The molecule has 37 heavy (non-hydrogen) atoms. The van der Waals surface area contributed by atoms with E-state index in [0.29, 0.717) is 34.3 Å². The second-order valence-corrected chi connectivity index (χ2v) is 11.9. The van der Waals surface area contributed by atoms with Crippen LogP contribution in [0.25, 0.3) is 0 Å². The first-order valence-electron chi connectivity index (χ1n) is 12.5. The van der Waals surface area contributed by atoms with Gasteiger partial charge in [-0.1, -0.05) is 49.2 Å². The topological polar surface area (TPSA) is 86.8 Å². The van der Waals surface area contributed by atoms with Crippen molar-refractivity contribution in [2.24, 2.45) is 0 Å². The van der Waals surface area contributed by atoms with Crippen molar-refractivity contribution in [2.45, 2.75) is 66.0 Å². The first-order valence-corrected chi connectivity index (χ1v) is 15.1. The third-order valence-electron chi connectivity index (χ3n) is 6.26. The number of halogens is 2. The minimum Gasteiger partial charge on any atom is -0.354 e. The summed E-state index contributed by atoms with van der Waals surface area (Å²) in [5.41, 5.74) is 3.17. The Morgan fingerprint density at radius 3 is 2.22 bits per heavy atom. The monoisotopic (exact) mass is 569 g/mol. The fourth-order valence-corrected chi connectivity index (χ4v) is 5.50. The SMILES string of the molecule is CCCNC(=O)C(CC)N(Cc1c(Cl)cccc1Cl)C(=O)CCCN(c1ccc(C)c(C)c1)S(C)(=O)=O. The maximum Gasteiger partial charge on any atom is 0.242 e. The molecule has 2 aromatic carbocycles. The number of carbonyl (C=O) groups excluding carboxylic acids is 2. The fourth-order valence-electron chi connectivity index (χ4n) is 4.02.